The molecule has 0 bridgehead atoms. The van der Waals surface area contributed by atoms with Crippen molar-refractivity contribution in [3.63, 3.8) is 0 Å². The third-order valence-electron chi connectivity index (χ3n) is 5.09. The van der Waals surface area contributed by atoms with Crippen LogP contribution in [0.1, 0.15) is 21.5 Å². The summed E-state index contributed by atoms with van der Waals surface area (Å²) in [6.07, 6.45) is 0. The smallest absolute Gasteiger partial charge is 0.255 e. The number of hydrogen-bond donors (Lipinski definition) is 1. The molecule has 0 saturated carbocycles. The van der Waals surface area contributed by atoms with Gasteiger partial charge in [0.1, 0.15) is 18.1 Å². The Hall–Kier alpha value is -3.50. The van der Waals surface area contributed by atoms with Crippen LogP contribution in [0.5, 0.6) is 11.5 Å². The number of carbonyl (C=O) groups excluding carboxylic acids is 1. The van der Waals surface area contributed by atoms with Gasteiger partial charge in [-0.15, -0.1) is 0 Å². The quantitative estimate of drug-likeness (QED) is 0.372. The van der Waals surface area contributed by atoms with Crippen LogP contribution < -0.4 is 14.8 Å². The number of hydrogen-bond acceptors (Lipinski definition) is 3. The lowest BCUT2D eigenvalue weighted by Gasteiger charge is -2.13. The van der Waals surface area contributed by atoms with Crippen LogP contribution in [0, 0.1) is 6.92 Å². The van der Waals surface area contributed by atoms with Gasteiger partial charge in [0.25, 0.3) is 5.91 Å². The second kappa shape index (κ2) is 9.11. The minimum Gasteiger partial charge on any atom is -0.496 e. The number of carbonyl (C=O) groups is 1. The van der Waals surface area contributed by atoms with Crippen molar-refractivity contribution in [1.82, 2.24) is 0 Å². The van der Waals surface area contributed by atoms with Gasteiger partial charge in [-0.3, -0.25) is 4.79 Å². The third-order valence-corrected chi connectivity index (χ3v) is 5.49. The molecule has 1 amide bonds. The van der Waals surface area contributed by atoms with Crippen LogP contribution >= 0.6 is 11.6 Å². The summed E-state index contributed by atoms with van der Waals surface area (Å²) >= 11 is 6.16. The number of aryl methyl sites for hydroxylation is 1. The van der Waals surface area contributed by atoms with E-state index in [4.69, 9.17) is 21.1 Å². The van der Waals surface area contributed by atoms with Gasteiger partial charge in [0.05, 0.1) is 7.11 Å². The number of anilines is 1. The summed E-state index contributed by atoms with van der Waals surface area (Å²) in [5.74, 6) is 1.19. The third kappa shape index (κ3) is 4.81. The van der Waals surface area contributed by atoms with Gasteiger partial charge in [-0.25, -0.2) is 0 Å². The SMILES string of the molecule is COc1ccc(C(=O)Nc2ccc(C)c(Cl)c2)cc1COc1ccc2ccccc2c1. The molecule has 0 heterocycles. The second-order valence-corrected chi connectivity index (χ2v) is 7.65. The van der Waals surface area contributed by atoms with Crippen LogP contribution in [-0.4, -0.2) is 13.0 Å². The summed E-state index contributed by atoms with van der Waals surface area (Å²) in [6, 6.07) is 24.8. The summed E-state index contributed by atoms with van der Waals surface area (Å²) in [5.41, 5.74) is 2.89. The largest absolute Gasteiger partial charge is 0.496 e. The summed E-state index contributed by atoms with van der Waals surface area (Å²) in [6.45, 7) is 2.19. The number of rotatable bonds is 6. The lowest BCUT2D eigenvalue weighted by molar-refractivity contribution is 0.102. The van der Waals surface area contributed by atoms with Gasteiger partial charge in [-0.1, -0.05) is 48.0 Å². The minimum absolute atomic E-state index is 0.227. The number of methoxy groups -OCH3 is 1. The molecule has 0 aromatic heterocycles. The topological polar surface area (TPSA) is 47.6 Å². The van der Waals surface area contributed by atoms with E-state index in [-0.39, 0.29) is 12.5 Å². The Morgan fingerprint density at radius 2 is 1.74 bits per heavy atom. The monoisotopic (exact) mass is 431 g/mol. The molecule has 0 aliphatic carbocycles. The standard InChI is InChI=1S/C26H22ClNO3/c1-17-7-10-22(15-24(17)27)28-26(29)20-9-12-25(30-2)21(13-20)16-31-23-11-8-18-5-3-4-6-19(18)14-23/h3-15H,16H2,1-2H3,(H,28,29). The van der Waals surface area contributed by atoms with E-state index in [9.17, 15) is 4.79 Å². The Morgan fingerprint density at radius 1 is 0.935 bits per heavy atom. The zero-order valence-electron chi connectivity index (χ0n) is 17.3. The predicted octanol–water partition coefficient (Wildman–Crippen LogP) is 6.64. The molecular weight excluding hydrogens is 410 g/mol. The molecule has 0 aliphatic heterocycles. The minimum atomic E-state index is -0.227. The summed E-state index contributed by atoms with van der Waals surface area (Å²) in [5, 5.41) is 5.75. The Kier molecular flexibility index (Phi) is 6.10. The molecule has 1 N–H and O–H groups in total. The first-order valence-corrected chi connectivity index (χ1v) is 10.3. The molecule has 31 heavy (non-hydrogen) atoms. The maximum atomic E-state index is 12.7. The van der Waals surface area contributed by atoms with Crippen molar-refractivity contribution in [3.05, 3.63) is 101 Å². The first-order valence-electron chi connectivity index (χ1n) is 9.89. The van der Waals surface area contributed by atoms with Crippen molar-refractivity contribution >= 4 is 34.0 Å². The van der Waals surface area contributed by atoms with Gasteiger partial charge in [-0.05, 0) is 65.7 Å². The first kappa shape index (κ1) is 20.8. The van der Waals surface area contributed by atoms with Gasteiger partial charge in [0.15, 0.2) is 0 Å². The Bertz CT molecular complexity index is 1250. The van der Waals surface area contributed by atoms with E-state index < -0.39 is 0 Å². The normalized spacial score (nSPS) is 10.7. The molecule has 0 aliphatic rings. The molecule has 156 valence electrons. The average molecular weight is 432 g/mol. The number of benzene rings is 4. The second-order valence-electron chi connectivity index (χ2n) is 7.24. The number of halogens is 1. The van der Waals surface area contributed by atoms with E-state index in [2.05, 4.69) is 11.4 Å². The van der Waals surface area contributed by atoms with Crippen molar-refractivity contribution in [2.45, 2.75) is 13.5 Å². The summed E-state index contributed by atoms with van der Waals surface area (Å²) in [7, 11) is 1.60. The summed E-state index contributed by atoms with van der Waals surface area (Å²) < 4.78 is 11.5. The zero-order valence-corrected chi connectivity index (χ0v) is 18.1. The fourth-order valence-electron chi connectivity index (χ4n) is 3.32. The zero-order chi connectivity index (χ0) is 21.8. The molecule has 0 radical (unpaired) electrons. The number of fused-ring (bicyclic) bond motifs is 1. The fraction of sp³-hybridized carbons (Fsp3) is 0.115. The van der Waals surface area contributed by atoms with E-state index >= 15 is 0 Å². The van der Waals surface area contributed by atoms with E-state index in [0.29, 0.717) is 22.0 Å². The summed E-state index contributed by atoms with van der Waals surface area (Å²) in [4.78, 5) is 12.7. The van der Waals surface area contributed by atoms with Crippen LogP contribution in [0.2, 0.25) is 5.02 Å². The maximum Gasteiger partial charge on any atom is 0.255 e. The molecule has 4 nitrogen and oxygen atoms in total. The van der Waals surface area contributed by atoms with Crippen molar-refractivity contribution < 1.29 is 14.3 Å². The molecule has 5 heteroatoms. The molecule has 0 spiro atoms. The molecule has 0 atom stereocenters. The number of ether oxygens (including phenoxy) is 2. The molecule has 4 aromatic carbocycles. The Labute approximate surface area is 186 Å². The van der Waals surface area contributed by atoms with E-state index in [1.807, 2.05) is 55.5 Å². The van der Waals surface area contributed by atoms with Crippen LogP contribution in [0.15, 0.2) is 78.9 Å². The van der Waals surface area contributed by atoms with Gasteiger partial charge in [-0.2, -0.15) is 0 Å². The number of amides is 1. The lowest BCUT2D eigenvalue weighted by Crippen LogP contribution is -2.13. The molecule has 4 aromatic rings. The average Bonchev–Trinajstić information content (AvgIpc) is 2.79. The molecule has 4 rings (SSSR count). The van der Waals surface area contributed by atoms with Crippen molar-refractivity contribution in [1.29, 1.82) is 0 Å². The van der Waals surface area contributed by atoms with Gasteiger partial charge in [0.2, 0.25) is 0 Å². The highest BCUT2D eigenvalue weighted by Crippen LogP contribution is 2.26. The highest BCUT2D eigenvalue weighted by Gasteiger charge is 2.12. The van der Waals surface area contributed by atoms with E-state index in [1.165, 1.54) is 0 Å². The van der Waals surface area contributed by atoms with Crippen molar-refractivity contribution in [2.75, 3.05) is 12.4 Å². The molecule has 0 saturated heterocycles. The first-order chi connectivity index (χ1) is 15.0. The van der Waals surface area contributed by atoms with Crippen LogP contribution in [0.25, 0.3) is 10.8 Å². The Balaban J connectivity index is 1.52. The van der Waals surface area contributed by atoms with Crippen LogP contribution in [0.4, 0.5) is 5.69 Å². The van der Waals surface area contributed by atoms with Gasteiger partial charge < -0.3 is 14.8 Å². The van der Waals surface area contributed by atoms with Crippen molar-refractivity contribution in [2.24, 2.45) is 0 Å². The Morgan fingerprint density at radius 3 is 2.52 bits per heavy atom. The van der Waals surface area contributed by atoms with Gasteiger partial charge in [0, 0.05) is 21.8 Å². The predicted molar refractivity (Wildman–Crippen MR) is 125 cm³/mol. The highest BCUT2D eigenvalue weighted by molar-refractivity contribution is 6.31. The lowest BCUT2D eigenvalue weighted by atomic mass is 10.1. The number of nitrogens with one attached hydrogen (secondary N) is 1. The molecule has 0 unspecified atom stereocenters. The molecule has 0 fully saturated rings. The van der Waals surface area contributed by atoms with Crippen molar-refractivity contribution in [3.8, 4) is 11.5 Å². The highest BCUT2D eigenvalue weighted by atomic mass is 35.5. The van der Waals surface area contributed by atoms with E-state index in [0.717, 1.165) is 27.6 Å². The van der Waals surface area contributed by atoms with Crippen LogP contribution in [-0.2, 0) is 6.61 Å². The fourth-order valence-corrected chi connectivity index (χ4v) is 3.51. The van der Waals surface area contributed by atoms with E-state index in [1.54, 1.807) is 31.4 Å². The maximum absolute atomic E-state index is 12.7. The van der Waals surface area contributed by atoms with Gasteiger partial charge >= 0.3 is 0 Å². The molecular formula is C26H22ClNO3. The van der Waals surface area contributed by atoms with Crippen LogP contribution in [0.3, 0.4) is 0 Å².